The fraction of sp³-hybridized carbons (Fsp3) is 0.875. The first kappa shape index (κ1) is 18.7. The molecule has 128 valence electrons. The van der Waals surface area contributed by atoms with Gasteiger partial charge in [-0.2, -0.15) is 0 Å². The van der Waals surface area contributed by atoms with Crippen LogP contribution in [0.2, 0.25) is 0 Å². The number of aliphatic hydroxyl groups excluding tert-OH is 1. The molecule has 1 aliphatic heterocycles. The van der Waals surface area contributed by atoms with Crippen LogP contribution in [0.25, 0.3) is 0 Å². The van der Waals surface area contributed by atoms with E-state index in [1.54, 1.807) is 41.5 Å². The molecule has 1 rings (SSSR count). The maximum absolute atomic E-state index is 12.3. The highest BCUT2D eigenvalue weighted by atomic mass is 16.6. The number of likely N-dealkylation sites (tertiary alicyclic amines) is 1. The fourth-order valence-corrected chi connectivity index (χ4v) is 2.63. The third kappa shape index (κ3) is 5.16. The van der Waals surface area contributed by atoms with Gasteiger partial charge in [0, 0.05) is 6.04 Å². The summed E-state index contributed by atoms with van der Waals surface area (Å²) in [5.74, 6) is -0.291. The summed E-state index contributed by atoms with van der Waals surface area (Å²) in [7, 11) is 0. The quantitative estimate of drug-likeness (QED) is 0.806. The average Bonchev–Trinajstić information content (AvgIpc) is 2.67. The van der Waals surface area contributed by atoms with Crippen molar-refractivity contribution < 1.29 is 24.2 Å². The molecule has 22 heavy (non-hydrogen) atoms. The molecule has 1 fully saturated rings. The molecule has 0 bridgehead atoms. The molecule has 1 aliphatic rings. The number of rotatable bonds is 4. The van der Waals surface area contributed by atoms with Gasteiger partial charge in [-0.3, -0.25) is 4.79 Å². The van der Waals surface area contributed by atoms with E-state index >= 15 is 0 Å². The highest BCUT2D eigenvalue weighted by Crippen LogP contribution is 2.32. The third-order valence-corrected chi connectivity index (χ3v) is 3.59. The average molecular weight is 315 g/mol. The van der Waals surface area contributed by atoms with Crippen LogP contribution >= 0.6 is 0 Å². The molecule has 0 spiro atoms. The molecule has 0 aromatic heterocycles. The lowest BCUT2D eigenvalue weighted by Crippen LogP contribution is -2.43. The van der Waals surface area contributed by atoms with Crippen molar-refractivity contribution in [3.8, 4) is 0 Å². The molecule has 0 aliphatic carbocycles. The van der Waals surface area contributed by atoms with Crippen molar-refractivity contribution in [2.24, 2.45) is 5.41 Å². The van der Waals surface area contributed by atoms with Gasteiger partial charge in [0.1, 0.15) is 5.60 Å². The highest BCUT2D eigenvalue weighted by molar-refractivity contribution is 5.76. The molecule has 1 N–H and O–H groups in total. The van der Waals surface area contributed by atoms with Gasteiger partial charge in [-0.15, -0.1) is 0 Å². The molecular formula is C16H29NO5. The van der Waals surface area contributed by atoms with Gasteiger partial charge in [0.2, 0.25) is 0 Å². The van der Waals surface area contributed by atoms with Gasteiger partial charge in [-0.1, -0.05) is 0 Å². The normalized spacial score (nSPS) is 22.6. The van der Waals surface area contributed by atoms with Gasteiger partial charge in [-0.25, -0.2) is 4.79 Å². The van der Waals surface area contributed by atoms with E-state index in [0.717, 1.165) is 0 Å². The lowest BCUT2D eigenvalue weighted by molar-refractivity contribution is -0.154. The zero-order valence-corrected chi connectivity index (χ0v) is 14.5. The molecule has 0 unspecified atom stereocenters. The number of hydrogen-bond donors (Lipinski definition) is 1. The number of β-amino-alcohol motifs (C(OH)–C–C–N with tert-alkyl or cyclic N) is 1. The summed E-state index contributed by atoms with van der Waals surface area (Å²) in [6.07, 6.45) is -0.159. The Morgan fingerprint density at radius 3 is 2.32 bits per heavy atom. The van der Waals surface area contributed by atoms with Gasteiger partial charge < -0.3 is 19.5 Å². The zero-order valence-electron chi connectivity index (χ0n) is 14.5. The summed E-state index contributed by atoms with van der Waals surface area (Å²) in [4.78, 5) is 25.8. The number of aliphatic hydroxyl groups is 1. The lowest BCUT2D eigenvalue weighted by Gasteiger charge is -2.32. The maximum Gasteiger partial charge on any atom is 0.410 e. The monoisotopic (exact) mass is 315 g/mol. The molecule has 1 amide bonds. The lowest BCUT2D eigenvalue weighted by atomic mass is 9.85. The van der Waals surface area contributed by atoms with Crippen LogP contribution in [0.1, 0.15) is 54.4 Å². The minimum absolute atomic E-state index is 0.232. The van der Waals surface area contributed by atoms with E-state index in [-0.39, 0.29) is 18.6 Å². The van der Waals surface area contributed by atoms with Gasteiger partial charge in [0.05, 0.1) is 24.7 Å². The Labute approximate surface area is 132 Å². The predicted molar refractivity (Wildman–Crippen MR) is 82.4 cm³/mol. The Bertz CT molecular complexity index is 413. The number of ether oxygens (including phenoxy) is 2. The van der Waals surface area contributed by atoms with Gasteiger partial charge >= 0.3 is 12.1 Å². The van der Waals surface area contributed by atoms with Crippen molar-refractivity contribution in [1.82, 2.24) is 4.90 Å². The van der Waals surface area contributed by atoms with Crippen LogP contribution in [0.15, 0.2) is 0 Å². The molecule has 6 heteroatoms. The van der Waals surface area contributed by atoms with Crippen molar-refractivity contribution in [3.05, 3.63) is 0 Å². The van der Waals surface area contributed by atoms with Crippen molar-refractivity contribution in [2.45, 2.75) is 72.1 Å². The summed E-state index contributed by atoms with van der Waals surface area (Å²) >= 11 is 0. The SMILES string of the molecule is CCOC(=O)C(C)(C)C[C@@H]1C[C@@H](O)CN1C(=O)OC(C)(C)C. The van der Waals surface area contributed by atoms with E-state index in [9.17, 15) is 14.7 Å². The Morgan fingerprint density at radius 1 is 1.23 bits per heavy atom. The molecule has 0 aromatic carbocycles. The van der Waals surface area contributed by atoms with Gasteiger partial charge in [-0.05, 0) is 54.4 Å². The van der Waals surface area contributed by atoms with Crippen molar-refractivity contribution in [1.29, 1.82) is 0 Å². The number of carbonyl (C=O) groups is 2. The van der Waals surface area contributed by atoms with Crippen LogP contribution in [-0.2, 0) is 14.3 Å². The topological polar surface area (TPSA) is 76.1 Å². The fourth-order valence-electron chi connectivity index (χ4n) is 2.63. The Balaban J connectivity index is 2.79. The van der Waals surface area contributed by atoms with E-state index in [4.69, 9.17) is 9.47 Å². The minimum atomic E-state index is -0.717. The first-order chi connectivity index (χ1) is 9.96. The van der Waals surface area contributed by atoms with Gasteiger partial charge in [0.15, 0.2) is 0 Å². The molecule has 0 radical (unpaired) electrons. The summed E-state index contributed by atoms with van der Waals surface area (Å²) in [6, 6.07) is -0.232. The second kappa shape index (κ2) is 6.86. The first-order valence-electron chi connectivity index (χ1n) is 7.81. The van der Waals surface area contributed by atoms with E-state index in [1.165, 1.54) is 4.90 Å². The van der Waals surface area contributed by atoms with E-state index in [2.05, 4.69) is 0 Å². The molecule has 6 nitrogen and oxygen atoms in total. The number of hydrogen-bond acceptors (Lipinski definition) is 5. The van der Waals surface area contributed by atoms with Crippen molar-refractivity contribution >= 4 is 12.1 Å². The number of carbonyl (C=O) groups excluding carboxylic acids is 2. The molecule has 0 saturated carbocycles. The zero-order chi connectivity index (χ0) is 17.1. The molecule has 2 atom stereocenters. The predicted octanol–water partition coefficient (Wildman–Crippen LogP) is 2.34. The van der Waals surface area contributed by atoms with Crippen LogP contribution in [0, 0.1) is 5.41 Å². The van der Waals surface area contributed by atoms with E-state index in [1.807, 2.05) is 0 Å². The number of esters is 1. The summed E-state index contributed by atoms with van der Waals surface area (Å²) in [5.41, 5.74) is -1.31. The molecule has 1 heterocycles. The second-order valence-electron chi connectivity index (χ2n) is 7.48. The second-order valence-corrected chi connectivity index (χ2v) is 7.48. The summed E-state index contributed by atoms with van der Waals surface area (Å²) in [6.45, 7) is 11.3. The highest BCUT2D eigenvalue weighted by Gasteiger charge is 2.42. The van der Waals surface area contributed by atoms with E-state index < -0.39 is 23.2 Å². The van der Waals surface area contributed by atoms with E-state index in [0.29, 0.717) is 19.4 Å². The Kier molecular flexibility index (Phi) is 5.84. The van der Waals surface area contributed by atoms with Crippen LogP contribution in [-0.4, -0.2) is 53.0 Å². The molecule has 0 aromatic rings. The molecule has 1 saturated heterocycles. The van der Waals surface area contributed by atoms with Gasteiger partial charge in [0.25, 0.3) is 0 Å². The summed E-state index contributed by atoms with van der Waals surface area (Å²) in [5, 5.41) is 9.89. The van der Waals surface area contributed by atoms with Crippen molar-refractivity contribution in [3.63, 3.8) is 0 Å². The summed E-state index contributed by atoms with van der Waals surface area (Å²) < 4.78 is 10.5. The van der Waals surface area contributed by atoms with Crippen LogP contribution in [0.5, 0.6) is 0 Å². The van der Waals surface area contributed by atoms with Crippen LogP contribution in [0.3, 0.4) is 0 Å². The Hall–Kier alpha value is -1.30. The van der Waals surface area contributed by atoms with Crippen LogP contribution < -0.4 is 0 Å². The first-order valence-corrected chi connectivity index (χ1v) is 7.81. The number of amides is 1. The van der Waals surface area contributed by atoms with Crippen LogP contribution in [0.4, 0.5) is 4.79 Å². The molecular weight excluding hydrogens is 286 g/mol. The Morgan fingerprint density at radius 2 is 1.82 bits per heavy atom. The van der Waals surface area contributed by atoms with Crippen molar-refractivity contribution in [2.75, 3.05) is 13.2 Å². The minimum Gasteiger partial charge on any atom is -0.466 e. The number of nitrogens with zero attached hydrogens (tertiary/aromatic N) is 1. The third-order valence-electron chi connectivity index (χ3n) is 3.59. The standard InChI is InChI=1S/C16H29NO5/c1-7-21-13(19)16(5,6)9-11-8-12(18)10-17(11)14(20)22-15(2,3)4/h11-12,18H,7-10H2,1-6H3/t11-,12+/m0/s1. The largest absolute Gasteiger partial charge is 0.466 e. The maximum atomic E-state index is 12.3. The smallest absolute Gasteiger partial charge is 0.410 e.